The number of nitro benzene ring substituents is 1. The highest BCUT2D eigenvalue weighted by atomic mass is 32.1. The van der Waals surface area contributed by atoms with Gasteiger partial charge in [-0.15, -0.1) is 11.3 Å². The molecule has 1 N–H and O–H groups in total. The fraction of sp³-hybridized carbons (Fsp3) is 0.100. The largest absolute Gasteiger partial charge is 0.449 e. The number of rotatable bonds is 6. The van der Waals surface area contributed by atoms with Gasteiger partial charge in [-0.05, 0) is 25.1 Å². The van der Waals surface area contributed by atoms with Crippen molar-refractivity contribution < 1.29 is 23.7 Å². The van der Waals surface area contributed by atoms with Crippen molar-refractivity contribution in [3.63, 3.8) is 0 Å². The molecular weight excluding hydrogens is 424 g/mol. The minimum absolute atomic E-state index is 0.0554. The van der Waals surface area contributed by atoms with Crippen molar-refractivity contribution in [3.05, 3.63) is 69.9 Å². The molecule has 0 saturated carbocycles. The fourth-order valence-corrected chi connectivity index (χ4v) is 3.44. The Hall–Kier alpha value is -4.12. The van der Waals surface area contributed by atoms with Crippen molar-refractivity contribution in [2.75, 3.05) is 5.32 Å². The number of fused-ring (bicyclic) bond motifs is 1. The molecule has 10 nitrogen and oxygen atoms in total. The van der Waals surface area contributed by atoms with Crippen LogP contribution in [-0.4, -0.2) is 32.9 Å². The first-order valence-corrected chi connectivity index (χ1v) is 9.84. The third-order valence-corrected chi connectivity index (χ3v) is 5.06. The highest BCUT2D eigenvalue weighted by molar-refractivity contribution is 7.14. The van der Waals surface area contributed by atoms with E-state index in [0.29, 0.717) is 22.4 Å². The van der Waals surface area contributed by atoms with Gasteiger partial charge in [0.1, 0.15) is 5.52 Å². The van der Waals surface area contributed by atoms with Gasteiger partial charge in [-0.1, -0.05) is 12.1 Å². The van der Waals surface area contributed by atoms with Gasteiger partial charge in [0.25, 0.3) is 11.6 Å². The van der Waals surface area contributed by atoms with Gasteiger partial charge in [-0.25, -0.2) is 14.8 Å². The van der Waals surface area contributed by atoms with Gasteiger partial charge in [-0.2, -0.15) is 0 Å². The van der Waals surface area contributed by atoms with Crippen molar-refractivity contribution in [2.24, 2.45) is 0 Å². The molecule has 11 heteroatoms. The summed E-state index contributed by atoms with van der Waals surface area (Å²) in [5.41, 5.74) is 2.24. The Bertz CT molecular complexity index is 1300. The van der Waals surface area contributed by atoms with Gasteiger partial charge in [0.2, 0.25) is 0 Å². The van der Waals surface area contributed by atoms with Crippen LogP contribution in [0.2, 0.25) is 0 Å². The van der Waals surface area contributed by atoms with Gasteiger partial charge < -0.3 is 9.15 Å². The lowest BCUT2D eigenvalue weighted by atomic mass is 10.1. The van der Waals surface area contributed by atoms with Crippen molar-refractivity contribution >= 4 is 45.1 Å². The molecule has 4 aromatic rings. The molecule has 2 aromatic carbocycles. The Morgan fingerprint density at radius 2 is 2.10 bits per heavy atom. The topological polar surface area (TPSA) is 137 Å². The second-order valence-corrected chi connectivity index (χ2v) is 7.28. The summed E-state index contributed by atoms with van der Waals surface area (Å²) in [4.78, 5) is 43.4. The third-order valence-electron chi connectivity index (χ3n) is 4.31. The van der Waals surface area contributed by atoms with Gasteiger partial charge in [-0.3, -0.25) is 20.2 Å². The summed E-state index contributed by atoms with van der Waals surface area (Å²) < 4.78 is 10.4. The number of nitrogens with one attached hydrogen (secondary N) is 1. The van der Waals surface area contributed by atoms with E-state index >= 15 is 0 Å². The van der Waals surface area contributed by atoms with Crippen LogP contribution in [0.1, 0.15) is 17.3 Å². The van der Waals surface area contributed by atoms with Crippen LogP contribution in [0.25, 0.3) is 22.4 Å². The summed E-state index contributed by atoms with van der Waals surface area (Å²) in [6.07, 6.45) is 0.189. The maximum absolute atomic E-state index is 12.4. The highest BCUT2D eigenvalue weighted by Gasteiger charge is 2.21. The van der Waals surface area contributed by atoms with Crippen molar-refractivity contribution in [1.29, 1.82) is 0 Å². The summed E-state index contributed by atoms with van der Waals surface area (Å²) >= 11 is 1.15. The summed E-state index contributed by atoms with van der Waals surface area (Å²) in [5.74, 6) is -1.24. The number of hydrogen-bond acceptors (Lipinski definition) is 9. The van der Waals surface area contributed by atoms with Crippen molar-refractivity contribution in [2.45, 2.75) is 13.0 Å². The van der Waals surface area contributed by atoms with E-state index in [1.807, 2.05) is 0 Å². The van der Waals surface area contributed by atoms with E-state index in [-0.39, 0.29) is 16.4 Å². The van der Waals surface area contributed by atoms with Crippen LogP contribution in [-0.2, 0) is 9.53 Å². The molecule has 31 heavy (non-hydrogen) atoms. The highest BCUT2D eigenvalue weighted by Crippen LogP contribution is 2.27. The maximum atomic E-state index is 12.4. The van der Waals surface area contributed by atoms with Crippen LogP contribution >= 0.6 is 11.3 Å². The van der Waals surface area contributed by atoms with E-state index in [1.165, 1.54) is 37.6 Å². The number of carbonyl (C=O) groups is 2. The minimum atomic E-state index is -1.08. The number of thiazole rings is 1. The number of benzene rings is 2. The van der Waals surface area contributed by atoms with E-state index < -0.39 is 22.9 Å². The third kappa shape index (κ3) is 4.41. The Balaban J connectivity index is 1.40. The predicted molar refractivity (Wildman–Crippen MR) is 112 cm³/mol. The number of carbonyl (C=O) groups excluding carboxylic acids is 2. The first-order chi connectivity index (χ1) is 14.9. The molecule has 1 amide bonds. The van der Waals surface area contributed by atoms with Gasteiger partial charge >= 0.3 is 5.97 Å². The summed E-state index contributed by atoms with van der Waals surface area (Å²) in [6, 6.07) is 10.7. The van der Waals surface area contributed by atoms with Crippen molar-refractivity contribution in [3.8, 4) is 11.3 Å². The van der Waals surface area contributed by atoms with Gasteiger partial charge in [0.15, 0.2) is 23.2 Å². The molecule has 1 unspecified atom stereocenters. The molecule has 1 atom stereocenters. The number of oxazole rings is 1. The molecule has 2 aromatic heterocycles. The molecule has 0 fully saturated rings. The maximum Gasteiger partial charge on any atom is 0.339 e. The summed E-state index contributed by atoms with van der Waals surface area (Å²) in [6.45, 7) is 1.44. The Labute approximate surface area is 178 Å². The van der Waals surface area contributed by atoms with Crippen molar-refractivity contribution in [1.82, 2.24) is 9.97 Å². The quantitative estimate of drug-likeness (QED) is 0.270. The summed E-state index contributed by atoms with van der Waals surface area (Å²) in [5, 5.41) is 15.5. The molecule has 4 rings (SSSR count). The number of amides is 1. The number of aromatic nitrogens is 2. The number of ether oxygens (including phenoxy) is 1. The molecule has 0 spiro atoms. The second kappa shape index (κ2) is 8.32. The average Bonchev–Trinajstić information content (AvgIpc) is 3.42. The molecule has 0 radical (unpaired) electrons. The lowest BCUT2D eigenvalue weighted by Crippen LogP contribution is -2.29. The Kier molecular flexibility index (Phi) is 5.41. The molecular formula is C20H14N4O6S. The van der Waals surface area contributed by atoms with Crippen LogP contribution < -0.4 is 5.32 Å². The standard InChI is InChI=1S/C20H14N4O6S/c1-11(30-19(26)13-5-6-15-17(8-13)29-10-21-15)18(25)23-20-22-16(9-31-20)12-3-2-4-14(7-12)24(27)28/h2-11H,1H3,(H,22,23,25). The zero-order chi connectivity index (χ0) is 22.0. The second-order valence-electron chi connectivity index (χ2n) is 6.42. The molecule has 0 aliphatic heterocycles. The zero-order valence-electron chi connectivity index (χ0n) is 16.0. The number of nitrogens with zero attached hydrogens (tertiary/aromatic N) is 3. The summed E-state index contributed by atoms with van der Waals surface area (Å²) in [7, 11) is 0. The molecule has 0 aliphatic rings. The molecule has 0 bridgehead atoms. The lowest BCUT2D eigenvalue weighted by molar-refractivity contribution is -0.384. The number of non-ortho nitro benzene ring substituents is 1. The Morgan fingerprint density at radius 1 is 1.26 bits per heavy atom. The van der Waals surface area contributed by atoms with Gasteiger partial charge in [0, 0.05) is 23.1 Å². The smallest absolute Gasteiger partial charge is 0.339 e. The number of esters is 1. The lowest BCUT2D eigenvalue weighted by Gasteiger charge is -2.12. The van der Waals surface area contributed by atoms with Crippen LogP contribution in [0.5, 0.6) is 0 Å². The SMILES string of the molecule is CC(OC(=O)c1ccc2ncoc2c1)C(=O)Nc1nc(-c2cccc([N+](=O)[O-])c2)cs1. The van der Waals surface area contributed by atoms with Crippen LogP contribution in [0.4, 0.5) is 10.8 Å². The number of anilines is 1. The number of hydrogen-bond donors (Lipinski definition) is 1. The first-order valence-electron chi connectivity index (χ1n) is 8.96. The van der Waals surface area contributed by atoms with E-state index in [1.54, 1.807) is 23.6 Å². The Morgan fingerprint density at radius 3 is 2.90 bits per heavy atom. The average molecular weight is 438 g/mol. The molecule has 0 saturated heterocycles. The first kappa shape index (κ1) is 20.2. The van der Waals surface area contributed by atoms with Crippen LogP contribution in [0.15, 0.2) is 58.7 Å². The molecule has 0 aliphatic carbocycles. The molecule has 2 heterocycles. The predicted octanol–water partition coefficient (Wildman–Crippen LogP) is 4.04. The number of nitro groups is 1. The van der Waals surface area contributed by atoms with Crippen LogP contribution in [0.3, 0.4) is 0 Å². The van der Waals surface area contributed by atoms with Crippen LogP contribution in [0, 0.1) is 10.1 Å². The zero-order valence-corrected chi connectivity index (χ0v) is 16.8. The van der Waals surface area contributed by atoms with E-state index in [4.69, 9.17) is 9.15 Å². The van der Waals surface area contributed by atoms with E-state index in [2.05, 4.69) is 15.3 Å². The fourth-order valence-electron chi connectivity index (χ4n) is 2.71. The van der Waals surface area contributed by atoms with Gasteiger partial charge in [0.05, 0.1) is 16.2 Å². The monoisotopic (exact) mass is 438 g/mol. The minimum Gasteiger partial charge on any atom is -0.449 e. The molecule has 156 valence electrons. The normalized spacial score (nSPS) is 11.8. The van der Waals surface area contributed by atoms with E-state index in [0.717, 1.165) is 11.3 Å². The van der Waals surface area contributed by atoms with E-state index in [9.17, 15) is 19.7 Å².